The molecule has 2 atom stereocenters. The third-order valence-electron chi connectivity index (χ3n) is 4.22. The zero-order chi connectivity index (χ0) is 16.2. The predicted molar refractivity (Wildman–Crippen MR) is 86.6 cm³/mol. The topological polar surface area (TPSA) is 55.1 Å². The van der Waals surface area contributed by atoms with Crippen LogP contribution < -0.4 is 11.1 Å². The quantitative estimate of drug-likeness (QED) is 0.845. The summed E-state index contributed by atoms with van der Waals surface area (Å²) in [5, 5.41) is 2.83. The van der Waals surface area contributed by atoms with E-state index in [0.29, 0.717) is 17.8 Å². The third kappa shape index (κ3) is 6.03. The standard InChI is InChI=1S/C16H21F3N2O.ClH/c17-16(18,19)9-8-11-4-6-13(7-5-11)21-15(22)14-3-1-2-12(14)10-20;/h4-7,12,14H,1-3,8-10,20H2,(H,21,22);1H/t12-,14-;/m1./s1. The van der Waals surface area contributed by atoms with Crippen molar-refractivity contribution in [1.29, 1.82) is 0 Å². The lowest BCUT2D eigenvalue weighted by molar-refractivity contribution is -0.134. The van der Waals surface area contributed by atoms with Crippen molar-refractivity contribution in [2.24, 2.45) is 17.6 Å². The van der Waals surface area contributed by atoms with E-state index in [1.54, 1.807) is 24.3 Å². The second-order valence-corrected chi connectivity index (χ2v) is 5.83. The fourth-order valence-corrected chi connectivity index (χ4v) is 2.94. The molecule has 1 amide bonds. The van der Waals surface area contributed by atoms with Crippen LogP contribution in [-0.4, -0.2) is 18.6 Å². The van der Waals surface area contributed by atoms with E-state index in [1.807, 2.05) is 0 Å². The van der Waals surface area contributed by atoms with Gasteiger partial charge in [0.25, 0.3) is 0 Å². The lowest BCUT2D eigenvalue weighted by Crippen LogP contribution is -2.29. The Bertz CT molecular complexity index is 505. The van der Waals surface area contributed by atoms with Crippen LogP contribution in [0.25, 0.3) is 0 Å². The fourth-order valence-electron chi connectivity index (χ4n) is 2.94. The molecule has 130 valence electrons. The number of nitrogens with one attached hydrogen (secondary N) is 1. The number of amides is 1. The van der Waals surface area contributed by atoms with E-state index in [4.69, 9.17) is 5.73 Å². The summed E-state index contributed by atoms with van der Waals surface area (Å²) in [7, 11) is 0. The Morgan fingerprint density at radius 1 is 1.22 bits per heavy atom. The molecule has 1 aromatic carbocycles. The first kappa shape index (κ1) is 19.8. The Kier molecular flexibility index (Phi) is 7.35. The summed E-state index contributed by atoms with van der Waals surface area (Å²) < 4.78 is 36.5. The van der Waals surface area contributed by atoms with Crippen molar-refractivity contribution >= 4 is 24.0 Å². The molecule has 2 rings (SSSR count). The average molecular weight is 351 g/mol. The number of halogens is 4. The van der Waals surface area contributed by atoms with Crippen molar-refractivity contribution in [2.45, 2.75) is 38.3 Å². The maximum absolute atomic E-state index is 12.2. The monoisotopic (exact) mass is 350 g/mol. The number of hydrogen-bond donors (Lipinski definition) is 2. The summed E-state index contributed by atoms with van der Waals surface area (Å²) >= 11 is 0. The number of benzene rings is 1. The molecule has 3 nitrogen and oxygen atoms in total. The highest BCUT2D eigenvalue weighted by atomic mass is 35.5. The van der Waals surface area contributed by atoms with Crippen LogP contribution >= 0.6 is 12.4 Å². The fraction of sp³-hybridized carbons (Fsp3) is 0.562. The zero-order valence-electron chi connectivity index (χ0n) is 12.7. The molecule has 0 aromatic heterocycles. The molecule has 1 aromatic rings. The predicted octanol–water partition coefficient (Wildman–Crippen LogP) is 3.92. The molecule has 23 heavy (non-hydrogen) atoms. The number of rotatable bonds is 5. The van der Waals surface area contributed by atoms with E-state index in [-0.39, 0.29) is 36.6 Å². The molecule has 0 aliphatic heterocycles. The summed E-state index contributed by atoms with van der Waals surface area (Å²) in [5.41, 5.74) is 6.89. The van der Waals surface area contributed by atoms with Crippen LogP contribution in [0.5, 0.6) is 0 Å². The zero-order valence-corrected chi connectivity index (χ0v) is 13.6. The van der Waals surface area contributed by atoms with Crippen LogP contribution in [-0.2, 0) is 11.2 Å². The minimum Gasteiger partial charge on any atom is -0.330 e. The summed E-state index contributed by atoms with van der Waals surface area (Å²) in [6.45, 7) is 0.508. The molecule has 1 aliphatic carbocycles. The van der Waals surface area contributed by atoms with Crippen LogP contribution in [0.15, 0.2) is 24.3 Å². The second-order valence-electron chi connectivity index (χ2n) is 5.83. The lowest BCUT2D eigenvalue weighted by Gasteiger charge is -2.17. The van der Waals surface area contributed by atoms with Gasteiger partial charge >= 0.3 is 6.18 Å². The minimum atomic E-state index is -4.15. The van der Waals surface area contributed by atoms with E-state index >= 15 is 0 Å². The molecule has 1 fully saturated rings. The molecule has 0 bridgehead atoms. The van der Waals surface area contributed by atoms with E-state index in [2.05, 4.69) is 5.32 Å². The van der Waals surface area contributed by atoms with Gasteiger partial charge in [-0.2, -0.15) is 13.2 Å². The first-order valence-corrected chi connectivity index (χ1v) is 7.55. The third-order valence-corrected chi connectivity index (χ3v) is 4.22. The summed E-state index contributed by atoms with van der Waals surface area (Å²) in [6, 6.07) is 6.54. The maximum Gasteiger partial charge on any atom is 0.389 e. The number of alkyl halides is 3. The molecule has 1 aliphatic rings. The largest absolute Gasteiger partial charge is 0.389 e. The number of carbonyl (C=O) groups excluding carboxylic acids is 1. The molecule has 1 saturated carbocycles. The van der Waals surface area contributed by atoms with Crippen molar-refractivity contribution < 1.29 is 18.0 Å². The van der Waals surface area contributed by atoms with Crippen LogP contribution in [0.2, 0.25) is 0 Å². The van der Waals surface area contributed by atoms with Crippen LogP contribution in [0.4, 0.5) is 18.9 Å². The van der Waals surface area contributed by atoms with Gasteiger partial charge in [-0.05, 0) is 49.4 Å². The van der Waals surface area contributed by atoms with Gasteiger partial charge in [0.1, 0.15) is 0 Å². The summed E-state index contributed by atoms with van der Waals surface area (Å²) in [4.78, 5) is 12.2. The molecule has 0 radical (unpaired) electrons. The molecular formula is C16H22ClF3N2O. The Labute approximate surface area is 140 Å². The minimum absolute atomic E-state index is 0. The van der Waals surface area contributed by atoms with Gasteiger partial charge in [-0.1, -0.05) is 18.6 Å². The molecule has 7 heteroatoms. The van der Waals surface area contributed by atoms with Crippen molar-refractivity contribution in [2.75, 3.05) is 11.9 Å². The number of nitrogens with two attached hydrogens (primary N) is 1. The van der Waals surface area contributed by atoms with Crippen molar-refractivity contribution in [1.82, 2.24) is 0 Å². The first-order valence-electron chi connectivity index (χ1n) is 7.55. The van der Waals surface area contributed by atoms with Gasteiger partial charge in [-0.3, -0.25) is 4.79 Å². The molecule has 0 saturated heterocycles. The number of anilines is 1. The van der Waals surface area contributed by atoms with Gasteiger partial charge in [0.05, 0.1) is 0 Å². The molecule has 0 spiro atoms. The van der Waals surface area contributed by atoms with Crippen LogP contribution in [0.1, 0.15) is 31.2 Å². The Morgan fingerprint density at radius 2 is 1.87 bits per heavy atom. The van der Waals surface area contributed by atoms with E-state index < -0.39 is 12.6 Å². The van der Waals surface area contributed by atoms with Gasteiger partial charge in [-0.25, -0.2) is 0 Å². The van der Waals surface area contributed by atoms with E-state index in [0.717, 1.165) is 19.3 Å². The van der Waals surface area contributed by atoms with Crippen molar-refractivity contribution in [3.05, 3.63) is 29.8 Å². The Balaban J connectivity index is 0.00000264. The van der Waals surface area contributed by atoms with Gasteiger partial charge in [0.15, 0.2) is 0 Å². The molecule has 0 unspecified atom stereocenters. The van der Waals surface area contributed by atoms with Gasteiger partial charge < -0.3 is 11.1 Å². The molecular weight excluding hydrogens is 329 g/mol. The molecule has 3 N–H and O–H groups in total. The maximum atomic E-state index is 12.2. The van der Waals surface area contributed by atoms with Crippen LogP contribution in [0.3, 0.4) is 0 Å². The Hall–Kier alpha value is -1.27. The van der Waals surface area contributed by atoms with Gasteiger partial charge in [0.2, 0.25) is 5.91 Å². The van der Waals surface area contributed by atoms with Crippen molar-refractivity contribution in [3.63, 3.8) is 0 Å². The van der Waals surface area contributed by atoms with Crippen LogP contribution in [0, 0.1) is 11.8 Å². The highest BCUT2D eigenvalue weighted by Gasteiger charge is 2.31. The SMILES string of the molecule is Cl.NC[C@H]1CCC[C@H]1C(=O)Nc1ccc(CCC(F)(F)F)cc1. The van der Waals surface area contributed by atoms with E-state index in [9.17, 15) is 18.0 Å². The Morgan fingerprint density at radius 3 is 2.43 bits per heavy atom. The smallest absolute Gasteiger partial charge is 0.330 e. The lowest BCUT2D eigenvalue weighted by atomic mass is 9.95. The summed E-state index contributed by atoms with van der Waals surface area (Å²) in [5.74, 6) is 0.122. The highest BCUT2D eigenvalue weighted by Crippen LogP contribution is 2.32. The average Bonchev–Trinajstić information content (AvgIpc) is 2.94. The van der Waals surface area contributed by atoms with Crippen molar-refractivity contribution in [3.8, 4) is 0 Å². The van der Waals surface area contributed by atoms with Gasteiger partial charge in [-0.15, -0.1) is 12.4 Å². The van der Waals surface area contributed by atoms with E-state index in [1.165, 1.54) is 0 Å². The summed E-state index contributed by atoms with van der Waals surface area (Å²) in [6.07, 6.45) is -2.19. The first-order chi connectivity index (χ1) is 10.4. The highest BCUT2D eigenvalue weighted by molar-refractivity contribution is 5.92. The number of hydrogen-bond acceptors (Lipinski definition) is 2. The number of aryl methyl sites for hydroxylation is 1. The normalized spacial score (nSPS) is 20.9. The number of carbonyl (C=O) groups is 1. The second kappa shape index (κ2) is 8.55. The van der Waals surface area contributed by atoms with Gasteiger partial charge in [0, 0.05) is 18.0 Å². The molecule has 0 heterocycles.